The van der Waals surface area contributed by atoms with E-state index in [1.807, 2.05) is 24.4 Å². The van der Waals surface area contributed by atoms with Crippen LogP contribution >= 0.6 is 11.3 Å². The van der Waals surface area contributed by atoms with Gasteiger partial charge in [0.15, 0.2) is 5.76 Å². The van der Waals surface area contributed by atoms with Crippen molar-refractivity contribution in [1.29, 1.82) is 0 Å². The second-order valence-electron chi connectivity index (χ2n) is 4.29. The first-order valence-corrected chi connectivity index (χ1v) is 7.35. The summed E-state index contributed by atoms with van der Waals surface area (Å²) in [5, 5.41) is 5.88. The van der Waals surface area contributed by atoms with E-state index in [1.165, 1.54) is 17.6 Å². The normalized spacial score (nSPS) is 10.7. The second kappa shape index (κ2) is 5.92. The van der Waals surface area contributed by atoms with Gasteiger partial charge in [0, 0.05) is 6.54 Å². The number of nitrogens with zero attached hydrogens (tertiary/aromatic N) is 3. The third-order valence-electron chi connectivity index (χ3n) is 2.94. The lowest BCUT2D eigenvalue weighted by Gasteiger charge is -2.16. The molecule has 1 amide bonds. The van der Waals surface area contributed by atoms with E-state index in [1.54, 1.807) is 17.0 Å². The first-order valence-electron chi connectivity index (χ1n) is 6.47. The molecular formula is C14H13N3O3S. The zero-order chi connectivity index (χ0) is 14.7. The van der Waals surface area contributed by atoms with Gasteiger partial charge in [-0.05, 0) is 30.5 Å². The van der Waals surface area contributed by atoms with Crippen molar-refractivity contribution in [3.63, 3.8) is 0 Å². The van der Waals surface area contributed by atoms with Gasteiger partial charge in [0.05, 0.1) is 11.1 Å². The Hall–Kier alpha value is -2.41. The van der Waals surface area contributed by atoms with Crippen LogP contribution in [0.3, 0.4) is 0 Å². The summed E-state index contributed by atoms with van der Waals surface area (Å²) in [5.41, 5.74) is 0. The summed E-state index contributed by atoms with van der Waals surface area (Å²) >= 11 is 1.54. The largest absolute Gasteiger partial charge is 0.459 e. The molecule has 0 saturated heterocycles. The van der Waals surface area contributed by atoms with Crippen LogP contribution in [-0.2, 0) is 6.54 Å². The number of hydrogen-bond acceptors (Lipinski definition) is 6. The van der Waals surface area contributed by atoms with Crippen LogP contribution in [0.15, 0.2) is 44.8 Å². The molecule has 0 saturated carbocycles. The highest BCUT2D eigenvalue weighted by molar-refractivity contribution is 7.13. The lowest BCUT2D eigenvalue weighted by Crippen LogP contribution is -2.30. The molecule has 0 aromatic carbocycles. The van der Waals surface area contributed by atoms with Crippen molar-refractivity contribution in [2.75, 3.05) is 6.54 Å². The molecule has 0 aliphatic heterocycles. The molecular weight excluding hydrogens is 290 g/mol. The molecule has 21 heavy (non-hydrogen) atoms. The van der Waals surface area contributed by atoms with Gasteiger partial charge in [-0.3, -0.25) is 4.79 Å². The monoisotopic (exact) mass is 303 g/mol. The number of carbonyl (C=O) groups excluding carboxylic acids is 1. The standard InChI is InChI=1S/C14H13N3O3S/c1-2-17(14(18)10-5-3-7-19-10)9-12-15-13(16-20-12)11-6-4-8-21-11/h3-8H,2,9H2,1H3. The number of thiophene rings is 1. The summed E-state index contributed by atoms with van der Waals surface area (Å²) < 4.78 is 10.3. The Morgan fingerprint density at radius 3 is 2.95 bits per heavy atom. The molecule has 0 aliphatic carbocycles. The van der Waals surface area contributed by atoms with E-state index in [2.05, 4.69) is 10.1 Å². The Morgan fingerprint density at radius 1 is 1.38 bits per heavy atom. The molecule has 3 aromatic heterocycles. The van der Waals surface area contributed by atoms with Crippen molar-refractivity contribution >= 4 is 17.2 Å². The summed E-state index contributed by atoms with van der Waals surface area (Å²) in [5.74, 6) is 1.05. The van der Waals surface area contributed by atoms with Gasteiger partial charge in [-0.2, -0.15) is 4.98 Å². The molecule has 0 unspecified atom stereocenters. The van der Waals surface area contributed by atoms with E-state index in [0.29, 0.717) is 24.0 Å². The van der Waals surface area contributed by atoms with Crippen molar-refractivity contribution in [1.82, 2.24) is 15.0 Å². The smallest absolute Gasteiger partial charge is 0.290 e. The highest BCUT2D eigenvalue weighted by Gasteiger charge is 2.20. The van der Waals surface area contributed by atoms with Crippen LogP contribution in [0.4, 0.5) is 0 Å². The minimum absolute atomic E-state index is 0.196. The highest BCUT2D eigenvalue weighted by atomic mass is 32.1. The molecule has 108 valence electrons. The fourth-order valence-electron chi connectivity index (χ4n) is 1.87. The van der Waals surface area contributed by atoms with E-state index in [4.69, 9.17) is 8.94 Å². The maximum atomic E-state index is 12.2. The molecule has 0 radical (unpaired) electrons. The first-order chi connectivity index (χ1) is 10.3. The minimum atomic E-state index is -0.196. The van der Waals surface area contributed by atoms with Gasteiger partial charge in [0.2, 0.25) is 11.7 Å². The third kappa shape index (κ3) is 2.87. The lowest BCUT2D eigenvalue weighted by molar-refractivity contribution is 0.0702. The number of amides is 1. The third-order valence-corrected chi connectivity index (χ3v) is 3.80. The summed E-state index contributed by atoms with van der Waals surface area (Å²) in [7, 11) is 0. The van der Waals surface area contributed by atoms with Gasteiger partial charge in [-0.1, -0.05) is 11.2 Å². The van der Waals surface area contributed by atoms with Crippen molar-refractivity contribution in [3.8, 4) is 10.7 Å². The van der Waals surface area contributed by atoms with E-state index < -0.39 is 0 Å². The van der Waals surface area contributed by atoms with Crippen LogP contribution in [0, 0.1) is 0 Å². The number of hydrogen-bond donors (Lipinski definition) is 0. The molecule has 0 atom stereocenters. The first kappa shape index (κ1) is 13.6. The predicted molar refractivity (Wildman–Crippen MR) is 76.7 cm³/mol. The molecule has 0 fully saturated rings. The molecule has 3 aromatic rings. The molecule has 3 rings (SSSR count). The Bertz CT molecular complexity index is 704. The van der Waals surface area contributed by atoms with Crippen LogP contribution in [0.1, 0.15) is 23.4 Å². The summed E-state index contributed by atoms with van der Waals surface area (Å²) in [4.78, 5) is 19.1. The van der Waals surface area contributed by atoms with Gasteiger partial charge in [0.25, 0.3) is 5.91 Å². The average molecular weight is 303 g/mol. The summed E-state index contributed by atoms with van der Waals surface area (Å²) in [6.45, 7) is 2.67. The Morgan fingerprint density at radius 2 is 2.29 bits per heavy atom. The fraction of sp³-hybridized carbons (Fsp3) is 0.214. The van der Waals surface area contributed by atoms with Crippen LogP contribution in [0.25, 0.3) is 10.7 Å². The van der Waals surface area contributed by atoms with Gasteiger partial charge in [0.1, 0.15) is 6.54 Å². The van der Waals surface area contributed by atoms with Crippen LogP contribution in [0.2, 0.25) is 0 Å². The van der Waals surface area contributed by atoms with Gasteiger partial charge in [-0.15, -0.1) is 11.3 Å². The van der Waals surface area contributed by atoms with Gasteiger partial charge in [-0.25, -0.2) is 0 Å². The highest BCUT2D eigenvalue weighted by Crippen LogP contribution is 2.21. The molecule has 0 aliphatic rings. The lowest BCUT2D eigenvalue weighted by atomic mass is 10.3. The predicted octanol–water partition coefficient (Wildman–Crippen LogP) is 3.05. The van der Waals surface area contributed by atoms with E-state index in [-0.39, 0.29) is 12.5 Å². The van der Waals surface area contributed by atoms with Crippen molar-refractivity contribution < 1.29 is 13.7 Å². The van der Waals surface area contributed by atoms with Crippen LogP contribution < -0.4 is 0 Å². The molecule has 3 heterocycles. The zero-order valence-electron chi connectivity index (χ0n) is 11.4. The van der Waals surface area contributed by atoms with Gasteiger partial charge < -0.3 is 13.8 Å². The summed E-state index contributed by atoms with van der Waals surface area (Å²) in [6, 6.07) is 7.16. The van der Waals surface area contributed by atoms with Gasteiger partial charge >= 0.3 is 0 Å². The van der Waals surface area contributed by atoms with Crippen molar-refractivity contribution in [3.05, 3.63) is 47.6 Å². The number of carbonyl (C=O) groups is 1. The van der Waals surface area contributed by atoms with Crippen LogP contribution in [0.5, 0.6) is 0 Å². The van der Waals surface area contributed by atoms with Crippen molar-refractivity contribution in [2.24, 2.45) is 0 Å². The molecule has 0 spiro atoms. The van der Waals surface area contributed by atoms with E-state index in [9.17, 15) is 4.79 Å². The van der Waals surface area contributed by atoms with Crippen LogP contribution in [-0.4, -0.2) is 27.5 Å². The van der Waals surface area contributed by atoms with E-state index >= 15 is 0 Å². The topological polar surface area (TPSA) is 72.4 Å². The fourth-order valence-corrected chi connectivity index (χ4v) is 2.52. The average Bonchev–Trinajstić information content (AvgIpc) is 3.25. The number of rotatable bonds is 5. The minimum Gasteiger partial charge on any atom is -0.459 e. The maximum Gasteiger partial charge on any atom is 0.290 e. The Kier molecular flexibility index (Phi) is 3.83. The summed E-state index contributed by atoms with van der Waals surface area (Å²) in [6.07, 6.45) is 1.47. The Labute approximate surface area is 125 Å². The maximum absolute atomic E-state index is 12.2. The quantitative estimate of drug-likeness (QED) is 0.724. The number of aromatic nitrogens is 2. The second-order valence-corrected chi connectivity index (χ2v) is 5.23. The zero-order valence-corrected chi connectivity index (χ0v) is 12.2. The SMILES string of the molecule is CCN(Cc1nc(-c2cccs2)no1)C(=O)c1ccco1. The van der Waals surface area contributed by atoms with Crippen molar-refractivity contribution in [2.45, 2.75) is 13.5 Å². The molecule has 7 heteroatoms. The molecule has 0 N–H and O–H groups in total. The molecule has 0 bridgehead atoms. The molecule has 6 nitrogen and oxygen atoms in total. The Balaban J connectivity index is 1.74. The van der Waals surface area contributed by atoms with E-state index in [0.717, 1.165) is 4.88 Å². The number of furan rings is 1.